The van der Waals surface area contributed by atoms with Crippen LogP contribution in [0.4, 0.5) is 0 Å². The molecule has 0 atom stereocenters. The van der Waals surface area contributed by atoms with E-state index in [9.17, 15) is 4.79 Å². The number of H-pyrrole nitrogens is 1. The summed E-state index contributed by atoms with van der Waals surface area (Å²) >= 11 is 5.87. The topological polar surface area (TPSA) is 88.8 Å². The molecule has 24 heavy (non-hydrogen) atoms. The van der Waals surface area contributed by atoms with E-state index in [-0.39, 0.29) is 0 Å². The molecule has 2 heterocycles. The summed E-state index contributed by atoms with van der Waals surface area (Å²) in [5.74, 6) is 0.816. The fraction of sp³-hybridized carbons (Fsp3) is 0. The summed E-state index contributed by atoms with van der Waals surface area (Å²) in [5.41, 5.74) is 1.84. The molecular weight excluding hydrogens is 332 g/mol. The van der Waals surface area contributed by atoms with Gasteiger partial charge in [0.1, 0.15) is 0 Å². The summed E-state index contributed by atoms with van der Waals surface area (Å²) < 4.78 is 11.8. The van der Waals surface area contributed by atoms with E-state index in [1.807, 2.05) is 24.3 Å². The maximum atomic E-state index is 11.1. The molecule has 8 heteroatoms. The highest BCUT2D eigenvalue weighted by molar-refractivity contribution is 6.30. The third-order valence-corrected chi connectivity index (χ3v) is 3.64. The van der Waals surface area contributed by atoms with E-state index in [1.165, 1.54) is 10.9 Å². The zero-order valence-electron chi connectivity index (χ0n) is 12.1. The standard InChI is InChI=1S/C16H9ClN4O3/c17-12-5-1-10(2-6-12)15-18-19-16(23-15)11-3-7-13(8-4-11)21-9-14(22)24-20-21/h1-9H/p+1. The van der Waals surface area contributed by atoms with E-state index in [1.54, 1.807) is 24.3 Å². The molecule has 0 bridgehead atoms. The van der Waals surface area contributed by atoms with E-state index in [2.05, 4.69) is 20.0 Å². The van der Waals surface area contributed by atoms with Crippen molar-refractivity contribution in [2.24, 2.45) is 0 Å². The van der Waals surface area contributed by atoms with Gasteiger partial charge in [-0.25, -0.2) is 4.79 Å². The number of nitrogens with one attached hydrogen (secondary N) is 1. The van der Waals surface area contributed by atoms with Crippen LogP contribution in [-0.4, -0.2) is 15.5 Å². The number of benzene rings is 2. The maximum absolute atomic E-state index is 11.1. The van der Waals surface area contributed by atoms with Crippen molar-refractivity contribution < 1.29 is 13.6 Å². The summed E-state index contributed by atoms with van der Waals surface area (Å²) in [6.07, 6.45) is 1.31. The molecular formula is C16H10ClN4O3+. The Balaban J connectivity index is 1.62. The molecule has 0 saturated carbocycles. The number of hydrogen-bond acceptors (Lipinski definition) is 5. The van der Waals surface area contributed by atoms with Gasteiger partial charge in [-0.3, -0.25) is 4.52 Å². The van der Waals surface area contributed by atoms with Crippen molar-refractivity contribution >= 4 is 11.6 Å². The molecule has 4 aromatic rings. The SMILES string of the molecule is O=c1c[n+](-c2ccc(-c3nnc(-c4ccc(Cl)cc4)o3)cc2)[nH]o1. The Labute approximate surface area is 140 Å². The Morgan fingerprint density at radius 1 is 0.917 bits per heavy atom. The lowest BCUT2D eigenvalue weighted by molar-refractivity contribution is -0.670. The van der Waals surface area contributed by atoms with Crippen molar-refractivity contribution in [3.8, 4) is 28.6 Å². The van der Waals surface area contributed by atoms with Crippen LogP contribution < -0.4 is 10.3 Å². The molecule has 0 saturated heterocycles. The predicted molar refractivity (Wildman–Crippen MR) is 84.6 cm³/mol. The second kappa shape index (κ2) is 5.78. The molecule has 0 aliphatic carbocycles. The van der Waals surface area contributed by atoms with E-state index in [0.717, 1.165) is 16.8 Å². The van der Waals surface area contributed by atoms with Gasteiger partial charge in [0.25, 0.3) is 6.20 Å². The highest BCUT2D eigenvalue weighted by Gasteiger charge is 2.14. The average molecular weight is 342 g/mol. The molecule has 0 aliphatic rings. The lowest BCUT2D eigenvalue weighted by atomic mass is 10.2. The van der Waals surface area contributed by atoms with E-state index >= 15 is 0 Å². The monoisotopic (exact) mass is 341 g/mol. The Morgan fingerprint density at radius 3 is 2.04 bits per heavy atom. The molecule has 4 rings (SSSR count). The molecule has 118 valence electrons. The second-order valence-corrected chi connectivity index (χ2v) is 5.41. The number of rotatable bonds is 3. The Morgan fingerprint density at radius 2 is 1.50 bits per heavy atom. The summed E-state index contributed by atoms with van der Waals surface area (Å²) in [7, 11) is 0. The first-order chi connectivity index (χ1) is 11.7. The molecule has 0 fully saturated rings. The number of hydrogen-bond donors (Lipinski definition) is 1. The normalized spacial score (nSPS) is 10.9. The molecule has 0 amide bonds. The number of halogens is 1. The summed E-state index contributed by atoms with van der Waals surface area (Å²) in [4.78, 5) is 11.1. The van der Waals surface area contributed by atoms with Crippen LogP contribution in [0, 0.1) is 0 Å². The molecule has 1 N–H and O–H groups in total. The van der Waals surface area contributed by atoms with Gasteiger partial charge in [0.2, 0.25) is 17.5 Å². The van der Waals surface area contributed by atoms with Gasteiger partial charge in [-0.15, -0.1) is 10.2 Å². The quantitative estimate of drug-likeness (QED) is 0.579. The van der Waals surface area contributed by atoms with Gasteiger partial charge >= 0.3 is 5.63 Å². The minimum atomic E-state index is -0.455. The van der Waals surface area contributed by atoms with Crippen LogP contribution in [0.25, 0.3) is 28.6 Å². The van der Waals surface area contributed by atoms with Gasteiger partial charge in [0.05, 0.1) is 0 Å². The van der Waals surface area contributed by atoms with Crippen LogP contribution in [0.3, 0.4) is 0 Å². The Kier molecular flexibility index (Phi) is 3.47. The van der Waals surface area contributed by atoms with Crippen molar-refractivity contribution in [1.82, 2.24) is 15.5 Å². The maximum Gasteiger partial charge on any atom is 0.427 e. The molecule has 2 aromatic carbocycles. The van der Waals surface area contributed by atoms with Crippen molar-refractivity contribution in [3.63, 3.8) is 0 Å². The second-order valence-electron chi connectivity index (χ2n) is 4.98. The van der Waals surface area contributed by atoms with Crippen molar-refractivity contribution in [2.45, 2.75) is 0 Å². The van der Waals surface area contributed by atoms with Gasteiger partial charge in [-0.1, -0.05) is 11.6 Å². The number of aromatic nitrogens is 4. The van der Waals surface area contributed by atoms with Gasteiger partial charge in [-0.2, -0.15) is 0 Å². The largest absolute Gasteiger partial charge is 0.427 e. The van der Waals surface area contributed by atoms with Crippen LogP contribution in [-0.2, 0) is 0 Å². The highest BCUT2D eigenvalue weighted by atomic mass is 35.5. The Bertz CT molecular complexity index is 1030. The van der Waals surface area contributed by atoms with Gasteiger partial charge in [0.15, 0.2) is 0 Å². The molecule has 0 radical (unpaired) electrons. The number of nitrogens with zero attached hydrogens (tertiary/aromatic N) is 3. The van der Waals surface area contributed by atoms with Gasteiger partial charge in [0, 0.05) is 28.3 Å². The Hall–Kier alpha value is -3.19. The smallest absolute Gasteiger partial charge is 0.416 e. The van der Waals surface area contributed by atoms with Crippen molar-refractivity contribution in [1.29, 1.82) is 0 Å². The minimum absolute atomic E-state index is 0.400. The zero-order valence-corrected chi connectivity index (χ0v) is 12.9. The summed E-state index contributed by atoms with van der Waals surface area (Å²) in [5, 5.41) is 11.2. The lowest BCUT2D eigenvalue weighted by Crippen LogP contribution is -2.31. The van der Waals surface area contributed by atoms with Crippen LogP contribution in [0.5, 0.6) is 0 Å². The number of aromatic amines is 1. The summed E-state index contributed by atoms with van der Waals surface area (Å²) in [6, 6.07) is 14.4. The van der Waals surface area contributed by atoms with E-state index in [4.69, 9.17) is 16.0 Å². The van der Waals surface area contributed by atoms with Gasteiger partial charge < -0.3 is 4.42 Å². The molecule has 2 aromatic heterocycles. The van der Waals surface area contributed by atoms with Gasteiger partial charge in [-0.05, 0) is 46.4 Å². The van der Waals surface area contributed by atoms with Crippen molar-refractivity contribution in [3.05, 3.63) is 70.2 Å². The molecule has 0 aliphatic heterocycles. The van der Waals surface area contributed by atoms with Crippen LogP contribution in [0.1, 0.15) is 0 Å². The third kappa shape index (κ3) is 2.72. The first kappa shape index (κ1) is 14.4. The average Bonchev–Trinajstić information content (AvgIpc) is 3.25. The minimum Gasteiger partial charge on any atom is -0.416 e. The first-order valence-electron chi connectivity index (χ1n) is 6.99. The fourth-order valence-corrected chi connectivity index (χ4v) is 2.32. The van der Waals surface area contributed by atoms with Crippen LogP contribution in [0.2, 0.25) is 5.02 Å². The van der Waals surface area contributed by atoms with E-state index in [0.29, 0.717) is 16.8 Å². The van der Waals surface area contributed by atoms with E-state index < -0.39 is 5.63 Å². The van der Waals surface area contributed by atoms with Crippen LogP contribution in [0.15, 0.2) is 68.5 Å². The first-order valence-corrected chi connectivity index (χ1v) is 7.37. The lowest BCUT2D eigenvalue weighted by Gasteiger charge is -1.96. The van der Waals surface area contributed by atoms with Crippen LogP contribution >= 0.6 is 11.6 Å². The summed E-state index contributed by atoms with van der Waals surface area (Å²) in [6.45, 7) is 0. The molecule has 0 spiro atoms. The van der Waals surface area contributed by atoms with Crippen molar-refractivity contribution in [2.75, 3.05) is 0 Å². The third-order valence-electron chi connectivity index (χ3n) is 3.39. The zero-order chi connectivity index (χ0) is 16.5. The molecule has 0 unspecified atom stereocenters. The molecule has 7 nitrogen and oxygen atoms in total. The fourth-order valence-electron chi connectivity index (χ4n) is 2.19. The highest BCUT2D eigenvalue weighted by Crippen LogP contribution is 2.25. The predicted octanol–water partition coefficient (Wildman–Crippen LogP) is 2.62.